The average Bonchev–Trinajstić information content (AvgIpc) is 3.11. The molecule has 0 spiro atoms. The van der Waals surface area contributed by atoms with Crippen molar-refractivity contribution >= 4 is 21.9 Å². The van der Waals surface area contributed by atoms with Crippen molar-refractivity contribution in [2.45, 2.75) is 43.9 Å². The van der Waals surface area contributed by atoms with Gasteiger partial charge in [-0.2, -0.15) is 0 Å². The summed E-state index contributed by atoms with van der Waals surface area (Å²) in [5, 5.41) is 9.62. The fourth-order valence-corrected chi connectivity index (χ4v) is 3.51. The van der Waals surface area contributed by atoms with Gasteiger partial charge in [-0.25, -0.2) is 0 Å². The molecule has 0 saturated heterocycles. The Bertz CT molecular complexity index is 516. The molecule has 108 valence electrons. The van der Waals surface area contributed by atoms with Crippen molar-refractivity contribution in [2.75, 3.05) is 6.61 Å². The number of rotatable bonds is 5. The third kappa shape index (κ3) is 2.58. The molecule has 0 aliphatic heterocycles. The number of halogens is 1. The summed E-state index contributed by atoms with van der Waals surface area (Å²) in [6, 6.07) is 5.76. The van der Waals surface area contributed by atoms with Gasteiger partial charge in [-0.15, -0.1) is 0 Å². The summed E-state index contributed by atoms with van der Waals surface area (Å²) in [6.07, 6.45) is 5.97. The molecule has 1 aromatic carbocycles. The van der Waals surface area contributed by atoms with Crippen molar-refractivity contribution in [1.29, 1.82) is 0 Å². The molecular weight excluding hydrogens is 320 g/mol. The predicted molar refractivity (Wildman–Crippen MR) is 80.1 cm³/mol. The van der Waals surface area contributed by atoms with Crippen LogP contribution in [-0.2, 0) is 10.2 Å². The number of ether oxygens (including phenoxy) is 1. The second-order valence-electron chi connectivity index (χ2n) is 5.99. The molecule has 0 aromatic heterocycles. The van der Waals surface area contributed by atoms with Crippen LogP contribution in [0.4, 0.5) is 0 Å². The van der Waals surface area contributed by atoms with Gasteiger partial charge in [0.25, 0.3) is 0 Å². The van der Waals surface area contributed by atoms with Gasteiger partial charge in [-0.1, -0.05) is 18.9 Å². The third-order valence-corrected chi connectivity index (χ3v) is 5.14. The Hall–Kier alpha value is -1.03. The lowest BCUT2D eigenvalue weighted by atomic mass is 9.79. The molecule has 0 bridgehead atoms. The predicted octanol–water partition coefficient (Wildman–Crippen LogP) is 4.13. The number of carbonyl (C=O) groups is 1. The molecule has 2 aliphatic carbocycles. The quantitative estimate of drug-likeness (QED) is 0.877. The monoisotopic (exact) mass is 338 g/mol. The number of hydrogen-bond donors (Lipinski definition) is 1. The highest BCUT2D eigenvalue weighted by Gasteiger charge is 2.43. The summed E-state index contributed by atoms with van der Waals surface area (Å²) >= 11 is 3.52. The van der Waals surface area contributed by atoms with E-state index in [0.29, 0.717) is 5.92 Å². The lowest BCUT2D eigenvalue weighted by Gasteiger charge is -2.25. The van der Waals surface area contributed by atoms with Gasteiger partial charge in [0.05, 0.1) is 16.5 Å². The first-order chi connectivity index (χ1) is 9.62. The molecule has 2 saturated carbocycles. The minimum absolute atomic E-state index is 0.697. The van der Waals surface area contributed by atoms with E-state index in [0.717, 1.165) is 48.1 Å². The lowest BCUT2D eigenvalue weighted by Crippen LogP contribution is -2.32. The van der Waals surface area contributed by atoms with Gasteiger partial charge in [0.1, 0.15) is 5.75 Å². The van der Waals surface area contributed by atoms with Crippen LogP contribution in [0.25, 0.3) is 0 Å². The zero-order valence-corrected chi connectivity index (χ0v) is 13.0. The lowest BCUT2D eigenvalue weighted by molar-refractivity contribution is -0.143. The van der Waals surface area contributed by atoms with Gasteiger partial charge in [-0.3, -0.25) is 4.79 Å². The molecule has 20 heavy (non-hydrogen) atoms. The minimum Gasteiger partial charge on any atom is -0.492 e. The summed E-state index contributed by atoms with van der Waals surface area (Å²) in [4.78, 5) is 11.7. The zero-order valence-electron chi connectivity index (χ0n) is 11.4. The van der Waals surface area contributed by atoms with Crippen molar-refractivity contribution in [3.63, 3.8) is 0 Å². The van der Waals surface area contributed by atoms with Crippen LogP contribution >= 0.6 is 15.9 Å². The first-order valence-corrected chi connectivity index (χ1v) is 8.07. The number of hydrogen-bond acceptors (Lipinski definition) is 2. The van der Waals surface area contributed by atoms with E-state index < -0.39 is 11.4 Å². The van der Waals surface area contributed by atoms with E-state index in [1.165, 1.54) is 12.8 Å². The third-order valence-electron chi connectivity index (χ3n) is 4.52. The Balaban J connectivity index is 1.82. The second kappa shape index (κ2) is 5.40. The fraction of sp³-hybridized carbons (Fsp3) is 0.562. The molecule has 1 N–H and O–H groups in total. The highest BCUT2D eigenvalue weighted by Crippen LogP contribution is 2.43. The Morgan fingerprint density at radius 2 is 2.05 bits per heavy atom. The topological polar surface area (TPSA) is 46.5 Å². The maximum absolute atomic E-state index is 11.7. The first-order valence-electron chi connectivity index (χ1n) is 7.28. The van der Waals surface area contributed by atoms with E-state index >= 15 is 0 Å². The van der Waals surface area contributed by atoms with Crippen LogP contribution in [0.2, 0.25) is 0 Å². The highest BCUT2D eigenvalue weighted by molar-refractivity contribution is 9.10. The molecule has 0 radical (unpaired) electrons. The van der Waals surface area contributed by atoms with Crippen molar-refractivity contribution in [2.24, 2.45) is 5.92 Å². The summed E-state index contributed by atoms with van der Waals surface area (Å²) in [7, 11) is 0. The Labute approximate surface area is 127 Å². The minimum atomic E-state index is -0.700. The maximum Gasteiger partial charge on any atom is 0.314 e. The smallest absolute Gasteiger partial charge is 0.314 e. The Morgan fingerprint density at radius 1 is 1.35 bits per heavy atom. The number of carboxylic acids is 1. The van der Waals surface area contributed by atoms with E-state index in [1.807, 2.05) is 18.2 Å². The van der Waals surface area contributed by atoms with Gasteiger partial charge < -0.3 is 9.84 Å². The van der Waals surface area contributed by atoms with Crippen molar-refractivity contribution < 1.29 is 14.6 Å². The number of aliphatic carboxylic acids is 1. The largest absolute Gasteiger partial charge is 0.492 e. The molecule has 2 fully saturated rings. The molecule has 1 aromatic rings. The maximum atomic E-state index is 11.7. The van der Waals surface area contributed by atoms with Gasteiger partial charge in [0.2, 0.25) is 0 Å². The average molecular weight is 339 g/mol. The van der Waals surface area contributed by atoms with Crippen LogP contribution in [0.5, 0.6) is 5.75 Å². The summed E-state index contributed by atoms with van der Waals surface area (Å²) in [5.74, 6) is 0.828. The Kier molecular flexibility index (Phi) is 3.76. The summed E-state index contributed by atoms with van der Waals surface area (Å²) in [6.45, 7) is 0.766. The highest BCUT2D eigenvalue weighted by atomic mass is 79.9. The molecule has 0 amide bonds. The normalized spacial score (nSPS) is 20.9. The van der Waals surface area contributed by atoms with E-state index in [2.05, 4.69) is 15.9 Å². The first kappa shape index (κ1) is 13.9. The molecule has 0 unspecified atom stereocenters. The molecule has 4 heteroatoms. The fourth-order valence-electron chi connectivity index (χ4n) is 3.01. The van der Waals surface area contributed by atoms with Crippen LogP contribution in [0.1, 0.15) is 44.1 Å². The van der Waals surface area contributed by atoms with Crippen LogP contribution < -0.4 is 4.74 Å². The van der Waals surface area contributed by atoms with Gasteiger partial charge in [0, 0.05) is 0 Å². The van der Waals surface area contributed by atoms with Crippen LogP contribution in [-0.4, -0.2) is 17.7 Å². The van der Waals surface area contributed by atoms with Gasteiger partial charge in [0.15, 0.2) is 0 Å². The van der Waals surface area contributed by atoms with Gasteiger partial charge in [-0.05, 0) is 65.2 Å². The molecule has 0 heterocycles. The van der Waals surface area contributed by atoms with Crippen molar-refractivity contribution in [1.82, 2.24) is 0 Å². The van der Waals surface area contributed by atoms with Crippen LogP contribution in [0.15, 0.2) is 22.7 Å². The van der Waals surface area contributed by atoms with E-state index in [9.17, 15) is 9.90 Å². The molecule has 3 nitrogen and oxygen atoms in total. The van der Waals surface area contributed by atoms with E-state index in [-0.39, 0.29) is 0 Å². The Morgan fingerprint density at radius 3 is 2.60 bits per heavy atom. The second-order valence-corrected chi connectivity index (χ2v) is 6.85. The molecule has 2 aliphatic rings. The van der Waals surface area contributed by atoms with Crippen molar-refractivity contribution in [3.8, 4) is 5.75 Å². The molecule has 0 atom stereocenters. The van der Waals surface area contributed by atoms with Crippen LogP contribution in [0, 0.1) is 5.92 Å². The summed E-state index contributed by atoms with van der Waals surface area (Å²) < 4.78 is 6.64. The van der Waals surface area contributed by atoms with Gasteiger partial charge >= 0.3 is 5.97 Å². The molecular formula is C16H19BrO3. The standard InChI is InChI=1S/C16H19BrO3/c17-13-9-12(16(15(18)19)7-1-2-8-16)5-6-14(13)20-10-11-3-4-11/h5-6,9,11H,1-4,7-8,10H2,(H,18,19). The van der Waals surface area contributed by atoms with E-state index in [4.69, 9.17) is 4.74 Å². The summed E-state index contributed by atoms with van der Waals surface area (Å²) in [5.41, 5.74) is 0.200. The zero-order chi connectivity index (χ0) is 14.2. The number of carboxylic acid groups (broad SMARTS) is 1. The van der Waals surface area contributed by atoms with E-state index in [1.54, 1.807) is 0 Å². The molecule has 3 rings (SSSR count). The number of benzene rings is 1. The SMILES string of the molecule is O=C(O)C1(c2ccc(OCC3CC3)c(Br)c2)CCCC1. The van der Waals surface area contributed by atoms with Crippen LogP contribution in [0.3, 0.4) is 0 Å². The van der Waals surface area contributed by atoms with Crippen molar-refractivity contribution in [3.05, 3.63) is 28.2 Å².